The van der Waals surface area contributed by atoms with Crippen LogP contribution in [-0.2, 0) is 0 Å². The molecule has 0 radical (unpaired) electrons. The van der Waals surface area contributed by atoms with Crippen molar-refractivity contribution in [3.8, 4) is 5.75 Å². The number of nitrogen functional groups attached to an aromatic ring is 1. The van der Waals surface area contributed by atoms with E-state index in [4.69, 9.17) is 10.8 Å². The van der Waals surface area contributed by atoms with Crippen LogP contribution in [0.15, 0.2) is 16.9 Å². The van der Waals surface area contributed by atoms with Gasteiger partial charge in [0.1, 0.15) is 0 Å². The zero-order valence-corrected chi connectivity index (χ0v) is 6.09. The topological polar surface area (TPSA) is 59.1 Å². The molecule has 0 aliphatic carbocycles. The lowest BCUT2D eigenvalue weighted by Gasteiger charge is -1.97. The fourth-order valence-corrected chi connectivity index (χ4v) is 0.756. The third-order valence-electron chi connectivity index (χ3n) is 0.918. The van der Waals surface area contributed by atoms with Gasteiger partial charge in [-0.2, -0.15) is 0 Å². The fraction of sp³-hybridized carbons (Fsp3) is 0. The zero-order chi connectivity index (χ0) is 6.85. The minimum Gasteiger partial charge on any atom is -0.504 e. The van der Waals surface area contributed by atoms with Gasteiger partial charge in [0, 0.05) is 6.20 Å². The highest BCUT2D eigenvalue weighted by molar-refractivity contribution is 9.10. The molecule has 1 heterocycles. The molecule has 0 saturated heterocycles. The van der Waals surface area contributed by atoms with Crippen molar-refractivity contribution in [3.05, 3.63) is 16.9 Å². The van der Waals surface area contributed by atoms with E-state index >= 15 is 0 Å². The van der Waals surface area contributed by atoms with Crippen molar-refractivity contribution in [1.29, 1.82) is 0 Å². The quantitative estimate of drug-likeness (QED) is 0.643. The van der Waals surface area contributed by atoms with Crippen LogP contribution in [0.4, 0.5) is 5.69 Å². The molecule has 1 aromatic rings. The molecular formula is C5H5BrN2O. The Kier molecular flexibility index (Phi) is 1.57. The van der Waals surface area contributed by atoms with Crippen LogP contribution < -0.4 is 5.73 Å². The summed E-state index contributed by atoms with van der Waals surface area (Å²) in [7, 11) is 0. The summed E-state index contributed by atoms with van der Waals surface area (Å²) in [6.07, 6.45) is 2.81. The highest BCUT2D eigenvalue weighted by atomic mass is 79.9. The fourth-order valence-electron chi connectivity index (χ4n) is 0.435. The van der Waals surface area contributed by atoms with Crippen LogP contribution in [0.2, 0.25) is 0 Å². The van der Waals surface area contributed by atoms with E-state index in [1.165, 1.54) is 12.4 Å². The largest absolute Gasteiger partial charge is 0.504 e. The van der Waals surface area contributed by atoms with E-state index in [9.17, 15) is 0 Å². The molecule has 9 heavy (non-hydrogen) atoms. The van der Waals surface area contributed by atoms with Gasteiger partial charge in [0.2, 0.25) is 0 Å². The van der Waals surface area contributed by atoms with Gasteiger partial charge in [0.05, 0.1) is 16.4 Å². The molecule has 0 fully saturated rings. The Morgan fingerprint density at radius 1 is 1.56 bits per heavy atom. The molecule has 3 N–H and O–H groups in total. The van der Waals surface area contributed by atoms with Gasteiger partial charge in [-0.15, -0.1) is 0 Å². The number of aromatic hydroxyl groups is 1. The predicted molar refractivity (Wildman–Crippen MR) is 38.0 cm³/mol. The summed E-state index contributed by atoms with van der Waals surface area (Å²) in [4.78, 5) is 3.67. The van der Waals surface area contributed by atoms with Crippen molar-refractivity contribution in [2.24, 2.45) is 0 Å². The summed E-state index contributed by atoms with van der Waals surface area (Å²) in [5.41, 5.74) is 5.67. The van der Waals surface area contributed by atoms with Crippen molar-refractivity contribution in [2.45, 2.75) is 0 Å². The molecule has 0 aliphatic heterocycles. The number of nitrogens with zero attached hydrogens (tertiary/aromatic N) is 1. The lowest BCUT2D eigenvalue weighted by Crippen LogP contribution is -1.87. The van der Waals surface area contributed by atoms with Gasteiger partial charge in [-0.3, -0.25) is 4.98 Å². The Bertz CT molecular complexity index is 206. The van der Waals surface area contributed by atoms with Gasteiger partial charge in [0.25, 0.3) is 0 Å². The second kappa shape index (κ2) is 2.23. The van der Waals surface area contributed by atoms with E-state index in [1.54, 1.807) is 0 Å². The van der Waals surface area contributed by atoms with E-state index in [2.05, 4.69) is 20.9 Å². The number of rotatable bonds is 0. The minimum absolute atomic E-state index is 0.00405. The van der Waals surface area contributed by atoms with E-state index in [0.29, 0.717) is 10.2 Å². The van der Waals surface area contributed by atoms with Crippen LogP contribution in [0.5, 0.6) is 5.75 Å². The molecule has 0 bridgehead atoms. The number of aromatic nitrogens is 1. The number of hydrogen-bond donors (Lipinski definition) is 2. The summed E-state index contributed by atoms with van der Waals surface area (Å²) in [5.74, 6) is 0.00405. The standard InChI is InChI=1S/C5H5BrN2O/c6-3-1-8-2-4(9)5(3)7/h1-2,9H,(H2,7,8). The molecule has 0 spiro atoms. The van der Waals surface area contributed by atoms with Crippen LogP contribution >= 0.6 is 15.9 Å². The lowest BCUT2D eigenvalue weighted by atomic mass is 10.4. The molecule has 0 aromatic carbocycles. The predicted octanol–water partition coefficient (Wildman–Crippen LogP) is 1.13. The van der Waals surface area contributed by atoms with Crippen LogP contribution in [-0.4, -0.2) is 10.1 Å². The van der Waals surface area contributed by atoms with Crippen molar-refractivity contribution < 1.29 is 5.11 Å². The maximum Gasteiger partial charge on any atom is 0.158 e. The smallest absolute Gasteiger partial charge is 0.158 e. The molecule has 3 nitrogen and oxygen atoms in total. The number of nitrogens with two attached hydrogens (primary N) is 1. The van der Waals surface area contributed by atoms with Crippen molar-refractivity contribution in [1.82, 2.24) is 4.98 Å². The van der Waals surface area contributed by atoms with Crippen LogP contribution in [0, 0.1) is 0 Å². The van der Waals surface area contributed by atoms with Gasteiger partial charge in [-0.25, -0.2) is 0 Å². The Hall–Kier alpha value is -0.770. The zero-order valence-electron chi connectivity index (χ0n) is 4.50. The second-order valence-electron chi connectivity index (χ2n) is 1.55. The summed E-state index contributed by atoms with van der Waals surface area (Å²) in [6, 6.07) is 0. The first-order chi connectivity index (χ1) is 4.22. The van der Waals surface area contributed by atoms with Gasteiger partial charge < -0.3 is 10.8 Å². The van der Waals surface area contributed by atoms with E-state index in [-0.39, 0.29) is 5.75 Å². The highest BCUT2D eigenvalue weighted by Crippen LogP contribution is 2.25. The molecule has 48 valence electrons. The summed E-state index contributed by atoms with van der Waals surface area (Å²) in [5, 5.41) is 8.88. The molecule has 0 unspecified atom stereocenters. The van der Waals surface area contributed by atoms with Crippen LogP contribution in [0.3, 0.4) is 0 Å². The summed E-state index contributed by atoms with van der Waals surface area (Å²) < 4.78 is 0.613. The highest BCUT2D eigenvalue weighted by Gasteiger charge is 1.98. The van der Waals surface area contributed by atoms with Crippen LogP contribution in [0.25, 0.3) is 0 Å². The van der Waals surface area contributed by atoms with Gasteiger partial charge in [-0.05, 0) is 15.9 Å². The Morgan fingerprint density at radius 2 is 2.22 bits per heavy atom. The first kappa shape index (κ1) is 6.35. The molecule has 4 heteroatoms. The number of hydrogen-bond acceptors (Lipinski definition) is 3. The number of halogens is 1. The molecular weight excluding hydrogens is 184 g/mol. The van der Waals surface area contributed by atoms with E-state index < -0.39 is 0 Å². The van der Waals surface area contributed by atoms with E-state index in [1.807, 2.05) is 0 Å². The Labute approximate surface area is 60.7 Å². The summed E-state index contributed by atoms with van der Waals surface area (Å²) >= 11 is 3.10. The third kappa shape index (κ3) is 1.13. The molecule has 0 atom stereocenters. The third-order valence-corrected chi connectivity index (χ3v) is 1.55. The van der Waals surface area contributed by atoms with Gasteiger partial charge in [0.15, 0.2) is 5.75 Å². The maximum atomic E-state index is 8.88. The number of pyridine rings is 1. The van der Waals surface area contributed by atoms with Gasteiger partial charge in [-0.1, -0.05) is 0 Å². The summed E-state index contributed by atoms with van der Waals surface area (Å²) in [6.45, 7) is 0. The average Bonchev–Trinajstić information content (AvgIpc) is 1.83. The SMILES string of the molecule is Nc1c(O)cncc1Br. The maximum absolute atomic E-state index is 8.88. The molecule has 1 rings (SSSR count). The van der Waals surface area contributed by atoms with Crippen molar-refractivity contribution >= 4 is 21.6 Å². The van der Waals surface area contributed by atoms with Gasteiger partial charge >= 0.3 is 0 Å². The van der Waals surface area contributed by atoms with Crippen LogP contribution in [0.1, 0.15) is 0 Å². The lowest BCUT2D eigenvalue weighted by molar-refractivity contribution is 0.475. The Balaban J connectivity index is 3.25. The first-order valence-corrected chi connectivity index (χ1v) is 3.09. The monoisotopic (exact) mass is 188 g/mol. The molecule has 0 aliphatic rings. The molecule has 0 amide bonds. The van der Waals surface area contributed by atoms with E-state index in [0.717, 1.165) is 0 Å². The van der Waals surface area contributed by atoms with Crippen molar-refractivity contribution in [2.75, 3.05) is 5.73 Å². The van der Waals surface area contributed by atoms with Crippen molar-refractivity contribution in [3.63, 3.8) is 0 Å². The molecule has 0 saturated carbocycles. The first-order valence-electron chi connectivity index (χ1n) is 2.30. The normalized spacial score (nSPS) is 9.44. The number of anilines is 1. The second-order valence-corrected chi connectivity index (χ2v) is 2.41. The molecule has 1 aromatic heterocycles. The Morgan fingerprint density at radius 3 is 2.67 bits per heavy atom. The minimum atomic E-state index is 0.00405. The average molecular weight is 189 g/mol.